The summed E-state index contributed by atoms with van der Waals surface area (Å²) in [5.74, 6) is 1.77. The molecule has 3 heterocycles. The predicted octanol–water partition coefficient (Wildman–Crippen LogP) is 0.937. The van der Waals surface area contributed by atoms with Crippen LogP contribution in [-0.4, -0.2) is 67.9 Å². The highest BCUT2D eigenvalue weighted by Gasteiger charge is 2.25. The van der Waals surface area contributed by atoms with Crippen LogP contribution in [-0.2, 0) is 10.0 Å². The first kappa shape index (κ1) is 16.4. The number of hydrogen-bond acceptors (Lipinski definition) is 6. The van der Waals surface area contributed by atoms with Gasteiger partial charge in [0, 0.05) is 38.8 Å². The van der Waals surface area contributed by atoms with Gasteiger partial charge < -0.3 is 9.80 Å². The Morgan fingerprint density at radius 2 is 1.65 bits per heavy atom. The summed E-state index contributed by atoms with van der Waals surface area (Å²) < 4.78 is 24.6. The Morgan fingerprint density at radius 1 is 1.00 bits per heavy atom. The van der Waals surface area contributed by atoms with Crippen LogP contribution in [0, 0.1) is 0 Å². The number of hydrogen-bond donors (Lipinski definition) is 0. The minimum absolute atomic E-state index is 0.505. The first-order chi connectivity index (χ1) is 10.9. The van der Waals surface area contributed by atoms with E-state index in [0.29, 0.717) is 32.2 Å². The fraction of sp³-hybridized carbons (Fsp3) is 0.733. The van der Waals surface area contributed by atoms with E-state index in [4.69, 9.17) is 0 Å². The molecule has 1 atom stereocenters. The fourth-order valence-corrected chi connectivity index (χ4v) is 4.15. The van der Waals surface area contributed by atoms with E-state index < -0.39 is 10.0 Å². The molecular formula is C15H25N5O2S. The van der Waals surface area contributed by atoms with Crippen LogP contribution < -0.4 is 9.80 Å². The quantitative estimate of drug-likeness (QED) is 0.816. The van der Waals surface area contributed by atoms with E-state index in [0.717, 1.165) is 18.2 Å². The SMILES string of the molecule is CC1CCCCN1c1ccc(N2CCN(S(C)(=O)=O)CC2)nn1. The van der Waals surface area contributed by atoms with E-state index in [1.165, 1.54) is 29.8 Å². The van der Waals surface area contributed by atoms with Gasteiger partial charge in [0.15, 0.2) is 11.6 Å². The molecule has 23 heavy (non-hydrogen) atoms. The van der Waals surface area contributed by atoms with E-state index in [1.54, 1.807) is 0 Å². The first-order valence-corrected chi connectivity index (χ1v) is 10.1. The van der Waals surface area contributed by atoms with Crippen LogP contribution in [0.5, 0.6) is 0 Å². The Hall–Kier alpha value is -1.41. The molecule has 2 aliphatic heterocycles. The molecule has 2 fully saturated rings. The summed E-state index contributed by atoms with van der Waals surface area (Å²) in [6, 6.07) is 4.55. The number of sulfonamides is 1. The Labute approximate surface area is 138 Å². The van der Waals surface area contributed by atoms with Gasteiger partial charge in [0.2, 0.25) is 10.0 Å². The van der Waals surface area contributed by atoms with Crippen molar-refractivity contribution in [1.82, 2.24) is 14.5 Å². The second-order valence-corrected chi connectivity index (χ2v) is 8.42. The van der Waals surface area contributed by atoms with Crippen LogP contribution in [0.1, 0.15) is 26.2 Å². The van der Waals surface area contributed by atoms with E-state index in [1.807, 2.05) is 12.1 Å². The van der Waals surface area contributed by atoms with Crippen LogP contribution in [0.15, 0.2) is 12.1 Å². The molecule has 3 rings (SSSR count). The number of aromatic nitrogens is 2. The van der Waals surface area contributed by atoms with Crippen molar-refractivity contribution in [3.05, 3.63) is 12.1 Å². The smallest absolute Gasteiger partial charge is 0.211 e. The molecule has 8 heteroatoms. The Bertz CT molecular complexity index is 626. The van der Waals surface area contributed by atoms with Gasteiger partial charge in [0.05, 0.1) is 6.26 Å². The second kappa shape index (κ2) is 6.60. The summed E-state index contributed by atoms with van der Waals surface area (Å²) in [5, 5.41) is 8.76. The minimum Gasteiger partial charge on any atom is -0.352 e. The van der Waals surface area contributed by atoms with Crippen molar-refractivity contribution in [3.63, 3.8) is 0 Å². The van der Waals surface area contributed by atoms with Gasteiger partial charge in [-0.05, 0) is 38.3 Å². The molecular weight excluding hydrogens is 314 g/mol. The Balaban J connectivity index is 1.64. The van der Waals surface area contributed by atoms with Crippen molar-refractivity contribution in [2.24, 2.45) is 0 Å². The molecule has 1 unspecified atom stereocenters. The van der Waals surface area contributed by atoms with E-state index in [2.05, 4.69) is 26.9 Å². The molecule has 2 saturated heterocycles. The highest BCUT2D eigenvalue weighted by atomic mass is 32.2. The lowest BCUT2D eigenvalue weighted by atomic mass is 10.0. The van der Waals surface area contributed by atoms with Crippen molar-refractivity contribution in [2.75, 3.05) is 48.8 Å². The molecule has 0 N–H and O–H groups in total. The third kappa shape index (κ3) is 3.74. The standard InChI is InChI=1S/C15H25N5O2S/c1-13-5-3-4-8-20(13)15-7-6-14(16-17-15)18-9-11-19(12-10-18)23(2,21)22/h6-7,13H,3-5,8-12H2,1-2H3. The summed E-state index contributed by atoms with van der Waals surface area (Å²) in [5.41, 5.74) is 0. The number of piperidine rings is 1. The third-order valence-corrected chi connectivity index (χ3v) is 6.07. The zero-order chi connectivity index (χ0) is 16.4. The molecule has 0 aromatic carbocycles. The average Bonchev–Trinajstić information content (AvgIpc) is 2.55. The van der Waals surface area contributed by atoms with Gasteiger partial charge in [-0.3, -0.25) is 0 Å². The van der Waals surface area contributed by atoms with E-state index >= 15 is 0 Å². The van der Waals surface area contributed by atoms with Crippen LogP contribution in [0.4, 0.5) is 11.6 Å². The summed E-state index contributed by atoms with van der Waals surface area (Å²) in [4.78, 5) is 4.42. The maximum atomic E-state index is 11.6. The molecule has 2 aliphatic rings. The van der Waals surface area contributed by atoms with Gasteiger partial charge >= 0.3 is 0 Å². The van der Waals surface area contributed by atoms with Crippen molar-refractivity contribution in [3.8, 4) is 0 Å². The minimum atomic E-state index is -3.09. The van der Waals surface area contributed by atoms with Crippen molar-refractivity contribution >= 4 is 21.7 Å². The molecule has 128 valence electrons. The van der Waals surface area contributed by atoms with E-state index in [9.17, 15) is 8.42 Å². The number of nitrogens with zero attached hydrogens (tertiary/aromatic N) is 5. The zero-order valence-electron chi connectivity index (χ0n) is 13.8. The Kier molecular flexibility index (Phi) is 4.72. The highest BCUT2D eigenvalue weighted by Crippen LogP contribution is 2.23. The summed E-state index contributed by atoms with van der Waals surface area (Å²) >= 11 is 0. The molecule has 0 saturated carbocycles. The Morgan fingerprint density at radius 3 is 2.22 bits per heavy atom. The maximum Gasteiger partial charge on any atom is 0.211 e. The fourth-order valence-electron chi connectivity index (χ4n) is 3.33. The van der Waals surface area contributed by atoms with Crippen LogP contribution >= 0.6 is 0 Å². The van der Waals surface area contributed by atoms with Gasteiger partial charge in [-0.15, -0.1) is 10.2 Å². The molecule has 0 spiro atoms. The number of anilines is 2. The van der Waals surface area contributed by atoms with Gasteiger partial charge in [-0.25, -0.2) is 8.42 Å². The molecule has 1 aromatic heterocycles. The monoisotopic (exact) mass is 339 g/mol. The predicted molar refractivity (Wildman–Crippen MR) is 91.3 cm³/mol. The normalized spacial score (nSPS) is 24.0. The lowest BCUT2D eigenvalue weighted by molar-refractivity contribution is 0.386. The average molecular weight is 339 g/mol. The van der Waals surface area contributed by atoms with Crippen molar-refractivity contribution in [2.45, 2.75) is 32.2 Å². The van der Waals surface area contributed by atoms with Gasteiger partial charge in [-0.2, -0.15) is 4.31 Å². The van der Waals surface area contributed by atoms with Gasteiger partial charge in [-0.1, -0.05) is 0 Å². The topological polar surface area (TPSA) is 69.6 Å². The van der Waals surface area contributed by atoms with Crippen LogP contribution in [0.2, 0.25) is 0 Å². The summed E-state index contributed by atoms with van der Waals surface area (Å²) in [7, 11) is -3.09. The molecule has 0 bridgehead atoms. The summed E-state index contributed by atoms with van der Waals surface area (Å²) in [6.07, 6.45) is 4.96. The molecule has 1 aromatic rings. The summed E-state index contributed by atoms with van der Waals surface area (Å²) in [6.45, 7) is 5.60. The third-order valence-electron chi connectivity index (χ3n) is 4.77. The first-order valence-electron chi connectivity index (χ1n) is 8.25. The van der Waals surface area contributed by atoms with Crippen LogP contribution in [0.25, 0.3) is 0 Å². The molecule has 0 aliphatic carbocycles. The number of piperazine rings is 1. The highest BCUT2D eigenvalue weighted by molar-refractivity contribution is 7.88. The van der Waals surface area contributed by atoms with Crippen LogP contribution in [0.3, 0.4) is 0 Å². The van der Waals surface area contributed by atoms with E-state index in [-0.39, 0.29) is 0 Å². The van der Waals surface area contributed by atoms with Gasteiger partial charge in [0.25, 0.3) is 0 Å². The second-order valence-electron chi connectivity index (χ2n) is 6.44. The lowest BCUT2D eigenvalue weighted by Crippen LogP contribution is -2.48. The molecule has 7 nitrogen and oxygen atoms in total. The lowest BCUT2D eigenvalue weighted by Gasteiger charge is -2.35. The largest absolute Gasteiger partial charge is 0.352 e. The van der Waals surface area contributed by atoms with Gasteiger partial charge in [0.1, 0.15) is 0 Å². The zero-order valence-corrected chi connectivity index (χ0v) is 14.7. The van der Waals surface area contributed by atoms with Crippen molar-refractivity contribution in [1.29, 1.82) is 0 Å². The maximum absolute atomic E-state index is 11.6. The molecule has 0 radical (unpaired) electrons. The molecule has 0 amide bonds. The number of rotatable bonds is 3. The van der Waals surface area contributed by atoms with Crippen molar-refractivity contribution < 1.29 is 8.42 Å².